The fraction of sp³-hybridized carbons (Fsp3) is 0.750. The Morgan fingerprint density at radius 3 is 1.75 bits per heavy atom. The topological polar surface area (TPSA) is 0 Å². The molecule has 0 nitrogen and oxygen atoms in total. The van der Waals surface area contributed by atoms with Crippen molar-refractivity contribution in [2.24, 2.45) is 11.8 Å². The van der Waals surface area contributed by atoms with E-state index in [1.54, 1.807) is 0 Å². The molecule has 0 aromatic heterocycles. The van der Waals surface area contributed by atoms with E-state index in [2.05, 4.69) is 20.4 Å². The Hall–Kier alpha value is -0.260. The Balaban J connectivity index is 4.06. The normalized spacial score (nSPS) is 13.9. The zero-order valence-corrected chi connectivity index (χ0v) is 6.28. The second-order valence-corrected chi connectivity index (χ2v) is 2.68. The van der Waals surface area contributed by atoms with Crippen molar-refractivity contribution >= 4 is 0 Å². The summed E-state index contributed by atoms with van der Waals surface area (Å²) < 4.78 is 7.57. The van der Waals surface area contributed by atoms with E-state index in [0.717, 1.165) is 5.57 Å². The van der Waals surface area contributed by atoms with Gasteiger partial charge in [-0.25, -0.2) is 0 Å². The smallest absolute Gasteiger partial charge is 0.0343 e. The van der Waals surface area contributed by atoms with Crippen LogP contribution in [-0.2, 0) is 0 Å². The number of hydrogen-bond donors (Lipinski definition) is 0. The van der Waals surface area contributed by atoms with Crippen molar-refractivity contribution in [3.05, 3.63) is 12.2 Å². The van der Waals surface area contributed by atoms with Crippen LogP contribution < -0.4 is 0 Å². The summed E-state index contributed by atoms with van der Waals surface area (Å²) in [5.41, 5.74) is 1.00. The molecular formula is C8H16. The molecular weight excluding hydrogens is 96.1 g/mol. The van der Waals surface area contributed by atoms with Crippen LogP contribution in [0.4, 0.5) is 0 Å². The summed E-state index contributed by atoms with van der Waals surface area (Å²) in [6.45, 7) is 11.7. The van der Waals surface area contributed by atoms with Crippen molar-refractivity contribution in [3.8, 4) is 0 Å². The van der Waals surface area contributed by atoms with E-state index in [-0.39, 0.29) is 0 Å². The summed E-state index contributed by atoms with van der Waals surface area (Å²) in [5.74, 6) is -0.0359. The van der Waals surface area contributed by atoms with E-state index in [0.29, 0.717) is 5.92 Å². The van der Waals surface area contributed by atoms with Gasteiger partial charge in [0.25, 0.3) is 0 Å². The molecule has 0 heteroatoms. The van der Waals surface area contributed by atoms with Gasteiger partial charge in [0.15, 0.2) is 0 Å². The third kappa shape index (κ3) is 2.15. The lowest BCUT2D eigenvalue weighted by molar-refractivity contribution is 0.630. The van der Waals surface area contributed by atoms with E-state index in [1.165, 1.54) is 0 Å². The lowest BCUT2D eigenvalue weighted by Crippen LogP contribution is -1.99. The van der Waals surface area contributed by atoms with Gasteiger partial charge in [0.1, 0.15) is 0 Å². The van der Waals surface area contributed by atoms with Crippen molar-refractivity contribution < 1.29 is 1.37 Å². The molecule has 0 amide bonds. The highest BCUT2D eigenvalue weighted by atomic mass is 14.1. The van der Waals surface area contributed by atoms with Crippen molar-refractivity contribution in [2.45, 2.75) is 27.7 Å². The molecule has 0 N–H and O–H groups in total. The lowest BCUT2D eigenvalue weighted by Gasteiger charge is -2.11. The zero-order valence-electron chi connectivity index (χ0n) is 7.28. The van der Waals surface area contributed by atoms with E-state index >= 15 is 0 Å². The Morgan fingerprint density at radius 1 is 1.38 bits per heavy atom. The number of allylic oxidation sites excluding steroid dienone is 1. The maximum atomic E-state index is 7.57. The van der Waals surface area contributed by atoms with Gasteiger partial charge in [0, 0.05) is 1.37 Å². The average Bonchev–Trinajstić information content (AvgIpc) is 1.62. The molecule has 0 radical (unpaired) electrons. The molecule has 0 fully saturated rings. The van der Waals surface area contributed by atoms with Crippen LogP contribution in [0.2, 0.25) is 0 Å². The molecule has 0 aliphatic heterocycles. The van der Waals surface area contributed by atoms with Crippen LogP contribution in [0.5, 0.6) is 0 Å². The molecule has 0 spiro atoms. The Kier molecular flexibility index (Phi) is 2.13. The summed E-state index contributed by atoms with van der Waals surface area (Å²) in [5, 5.41) is 0. The maximum Gasteiger partial charge on any atom is 0.0343 e. The molecule has 0 aliphatic carbocycles. The summed E-state index contributed by atoms with van der Waals surface area (Å²) in [6.07, 6.45) is 0. The second-order valence-electron chi connectivity index (χ2n) is 2.68. The number of rotatable bonds is 2. The summed E-state index contributed by atoms with van der Waals surface area (Å²) in [4.78, 5) is 0. The third-order valence-corrected chi connectivity index (χ3v) is 1.34. The monoisotopic (exact) mass is 114 g/mol. The van der Waals surface area contributed by atoms with Crippen LogP contribution >= 0.6 is 0 Å². The minimum atomic E-state index is -0.464. The molecule has 0 bridgehead atoms. The van der Waals surface area contributed by atoms with Gasteiger partial charge in [-0.05, 0) is 11.8 Å². The van der Waals surface area contributed by atoms with Gasteiger partial charge in [0.05, 0.1) is 0 Å². The standard InChI is InChI=1S/C8H16/c1-6(2)8(5)7(3)4/h6-7H,5H2,1-4H3/i6T. The first-order chi connectivity index (χ1) is 3.85. The molecule has 0 aromatic carbocycles. The van der Waals surface area contributed by atoms with Crippen LogP contribution in [0.1, 0.15) is 29.1 Å². The first kappa shape index (κ1) is 5.87. The van der Waals surface area contributed by atoms with Gasteiger partial charge >= 0.3 is 0 Å². The highest BCUT2D eigenvalue weighted by Crippen LogP contribution is 2.15. The van der Waals surface area contributed by atoms with E-state index in [9.17, 15) is 0 Å². The van der Waals surface area contributed by atoms with Gasteiger partial charge < -0.3 is 0 Å². The molecule has 0 rings (SSSR count). The zero-order chi connectivity index (χ0) is 7.65. The van der Waals surface area contributed by atoms with Gasteiger partial charge in [-0.2, -0.15) is 0 Å². The first-order valence-corrected chi connectivity index (χ1v) is 3.05. The molecule has 8 heavy (non-hydrogen) atoms. The molecule has 48 valence electrons. The average molecular weight is 114 g/mol. The summed E-state index contributed by atoms with van der Waals surface area (Å²) >= 11 is 0. The molecule has 0 heterocycles. The van der Waals surface area contributed by atoms with Crippen molar-refractivity contribution in [1.82, 2.24) is 0 Å². The van der Waals surface area contributed by atoms with Crippen LogP contribution in [0.15, 0.2) is 12.2 Å². The predicted molar refractivity (Wildman–Crippen MR) is 38.8 cm³/mol. The highest BCUT2D eigenvalue weighted by molar-refractivity contribution is 4.99. The largest absolute Gasteiger partial charge is 0.0993 e. The van der Waals surface area contributed by atoms with Gasteiger partial charge in [-0.15, -0.1) is 0 Å². The third-order valence-electron chi connectivity index (χ3n) is 1.34. The summed E-state index contributed by atoms with van der Waals surface area (Å²) in [6, 6.07) is 0. The van der Waals surface area contributed by atoms with Crippen molar-refractivity contribution in [3.63, 3.8) is 0 Å². The lowest BCUT2D eigenvalue weighted by atomic mass is 9.95. The van der Waals surface area contributed by atoms with E-state index in [4.69, 9.17) is 1.37 Å². The Bertz CT molecular complexity index is 106. The van der Waals surface area contributed by atoms with E-state index in [1.807, 2.05) is 13.8 Å². The van der Waals surface area contributed by atoms with Gasteiger partial charge in [-0.1, -0.05) is 39.8 Å². The SMILES string of the molecule is [3H]C(C)(C)C(=C)C(C)C. The van der Waals surface area contributed by atoms with Crippen LogP contribution in [0.25, 0.3) is 0 Å². The molecule has 0 saturated carbocycles. The molecule has 0 saturated heterocycles. The molecule has 0 atom stereocenters. The van der Waals surface area contributed by atoms with Crippen molar-refractivity contribution in [2.75, 3.05) is 0 Å². The Morgan fingerprint density at radius 2 is 1.75 bits per heavy atom. The fourth-order valence-electron chi connectivity index (χ4n) is 0.577. The molecule has 0 unspecified atom stereocenters. The summed E-state index contributed by atoms with van der Waals surface area (Å²) in [7, 11) is 0. The van der Waals surface area contributed by atoms with Crippen LogP contribution in [0.3, 0.4) is 0 Å². The second kappa shape index (κ2) is 2.91. The molecule has 0 aliphatic rings. The van der Waals surface area contributed by atoms with Crippen LogP contribution in [-0.4, -0.2) is 0 Å². The number of hydrogen-bond acceptors (Lipinski definition) is 0. The van der Waals surface area contributed by atoms with Gasteiger partial charge in [0.2, 0.25) is 0 Å². The highest BCUT2D eigenvalue weighted by Gasteiger charge is 2.02. The maximum absolute atomic E-state index is 7.57. The fourth-order valence-corrected chi connectivity index (χ4v) is 0.577. The van der Waals surface area contributed by atoms with Crippen molar-refractivity contribution in [1.29, 1.82) is 0 Å². The minimum Gasteiger partial charge on any atom is -0.0993 e. The Labute approximate surface area is 54.0 Å². The van der Waals surface area contributed by atoms with Gasteiger partial charge in [-0.3, -0.25) is 0 Å². The minimum absolute atomic E-state index is 0.428. The quantitative estimate of drug-likeness (QED) is 0.484. The molecule has 0 aromatic rings. The first-order valence-electron chi connectivity index (χ1n) is 3.55. The van der Waals surface area contributed by atoms with E-state index < -0.39 is 5.89 Å². The predicted octanol–water partition coefficient (Wildman–Crippen LogP) is 2.85. The van der Waals surface area contributed by atoms with Crippen LogP contribution in [0, 0.1) is 11.8 Å².